The van der Waals surface area contributed by atoms with E-state index in [1.54, 1.807) is 0 Å². The predicted octanol–water partition coefficient (Wildman–Crippen LogP) is 0.566. The van der Waals surface area contributed by atoms with Gasteiger partial charge in [-0.1, -0.05) is 13.8 Å². The van der Waals surface area contributed by atoms with E-state index in [9.17, 15) is 0 Å². The Balaban J connectivity index is 2.58. The van der Waals surface area contributed by atoms with Gasteiger partial charge in [-0.2, -0.15) is 0 Å². The lowest BCUT2D eigenvalue weighted by molar-refractivity contribution is 0.161. The number of aliphatic hydroxyl groups is 1. The van der Waals surface area contributed by atoms with Crippen molar-refractivity contribution in [2.24, 2.45) is 11.3 Å². The van der Waals surface area contributed by atoms with Gasteiger partial charge in [0.05, 0.1) is 0 Å². The molecule has 1 aliphatic rings. The monoisotopic (exact) mass is 143 g/mol. The molecule has 1 unspecified atom stereocenters. The van der Waals surface area contributed by atoms with Gasteiger partial charge < -0.3 is 10.0 Å². The smallest absolute Gasteiger partial charge is 0.0477 e. The molecule has 0 spiro atoms. The first-order chi connectivity index (χ1) is 4.56. The number of hydrogen-bond donors (Lipinski definition) is 1. The summed E-state index contributed by atoms with van der Waals surface area (Å²) in [6, 6.07) is 0. The van der Waals surface area contributed by atoms with Crippen molar-refractivity contribution >= 4 is 0 Å². The van der Waals surface area contributed by atoms with E-state index in [1.165, 1.54) is 0 Å². The van der Waals surface area contributed by atoms with Crippen LogP contribution >= 0.6 is 0 Å². The molecule has 0 aliphatic carbocycles. The fourth-order valence-corrected chi connectivity index (χ4v) is 1.82. The first kappa shape index (κ1) is 8.02. The lowest BCUT2D eigenvalue weighted by atomic mass is 9.83. The highest BCUT2D eigenvalue weighted by Gasteiger charge is 2.36. The maximum absolute atomic E-state index is 8.99. The Morgan fingerprint density at radius 3 is 2.40 bits per heavy atom. The summed E-state index contributed by atoms with van der Waals surface area (Å²) in [7, 11) is 2.11. The average molecular weight is 143 g/mol. The van der Waals surface area contributed by atoms with Gasteiger partial charge in [0.2, 0.25) is 0 Å². The van der Waals surface area contributed by atoms with Crippen LogP contribution in [0, 0.1) is 11.3 Å². The normalized spacial score (nSPS) is 33.0. The van der Waals surface area contributed by atoms with E-state index in [0.29, 0.717) is 17.9 Å². The second-order valence-electron chi connectivity index (χ2n) is 4.06. The number of rotatable bonds is 1. The van der Waals surface area contributed by atoms with E-state index in [0.717, 1.165) is 13.1 Å². The molecule has 0 aromatic carbocycles. The zero-order valence-electron chi connectivity index (χ0n) is 7.09. The summed E-state index contributed by atoms with van der Waals surface area (Å²) in [5.41, 5.74) is 0.309. The van der Waals surface area contributed by atoms with Crippen molar-refractivity contribution < 1.29 is 5.11 Å². The minimum Gasteiger partial charge on any atom is -0.396 e. The summed E-state index contributed by atoms with van der Waals surface area (Å²) in [5, 5.41) is 8.99. The third-order valence-electron chi connectivity index (χ3n) is 2.54. The third kappa shape index (κ3) is 1.32. The molecule has 0 bridgehead atoms. The zero-order chi connectivity index (χ0) is 7.78. The molecule has 1 fully saturated rings. The molecule has 0 amide bonds. The fourth-order valence-electron chi connectivity index (χ4n) is 1.82. The molecule has 0 saturated carbocycles. The van der Waals surface area contributed by atoms with Crippen LogP contribution in [0.25, 0.3) is 0 Å². The molecule has 10 heavy (non-hydrogen) atoms. The van der Waals surface area contributed by atoms with Gasteiger partial charge >= 0.3 is 0 Å². The van der Waals surface area contributed by atoms with Crippen LogP contribution in [0.5, 0.6) is 0 Å². The van der Waals surface area contributed by atoms with E-state index in [1.807, 2.05) is 0 Å². The van der Waals surface area contributed by atoms with Gasteiger partial charge in [0, 0.05) is 25.6 Å². The first-order valence-corrected chi connectivity index (χ1v) is 3.85. The highest BCUT2D eigenvalue weighted by molar-refractivity contribution is 4.88. The van der Waals surface area contributed by atoms with Crippen molar-refractivity contribution in [3.63, 3.8) is 0 Å². The summed E-state index contributed by atoms with van der Waals surface area (Å²) in [6.45, 7) is 6.92. The Kier molecular flexibility index (Phi) is 2.02. The van der Waals surface area contributed by atoms with Crippen LogP contribution < -0.4 is 0 Å². The van der Waals surface area contributed by atoms with Crippen LogP contribution in [0.2, 0.25) is 0 Å². The summed E-state index contributed by atoms with van der Waals surface area (Å²) < 4.78 is 0. The highest BCUT2D eigenvalue weighted by Crippen LogP contribution is 2.33. The average Bonchev–Trinajstić information content (AvgIpc) is 2.04. The maximum atomic E-state index is 8.99. The second-order valence-corrected chi connectivity index (χ2v) is 4.06. The number of nitrogens with zero attached hydrogens (tertiary/aromatic N) is 1. The molecule has 2 nitrogen and oxygen atoms in total. The maximum Gasteiger partial charge on any atom is 0.0477 e. The molecular formula is C8H17NO. The van der Waals surface area contributed by atoms with E-state index in [2.05, 4.69) is 25.8 Å². The van der Waals surface area contributed by atoms with Gasteiger partial charge in [0.25, 0.3) is 0 Å². The SMILES string of the molecule is CN1CC(CO)C(C)(C)C1. The zero-order valence-corrected chi connectivity index (χ0v) is 7.09. The molecule has 0 aromatic heterocycles. The van der Waals surface area contributed by atoms with Crippen molar-refractivity contribution in [1.82, 2.24) is 4.90 Å². The fraction of sp³-hybridized carbons (Fsp3) is 1.00. The number of hydrogen-bond acceptors (Lipinski definition) is 2. The Bertz CT molecular complexity index is 122. The topological polar surface area (TPSA) is 23.5 Å². The molecule has 60 valence electrons. The molecule has 1 heterocycles. The van der Waals surface area contributed by atoms with E-state index in [-0.39, 0.29) is 0 Å². The summed E-state index contributed by atoms with van der Waals surface area (Å²) >= 11 is 0. The predicted molar refractivity (Wildman–Crippen MR) is 41.9 cm³/mol. The number of aliphatic hydroxyl groups excluding tert-OH is 1. The Hall–Kier alpha value is -0.0800. The Morgan fingerprint density at radius 2 is 2.20 bits per heavy atom. The van der Waals surface area contributed by atoms with Gasteiger partial charge in [-0.15, -0.1) is 0 Å². The standard InChI is InChI=1S/C8H17NO/c1-8(2)6-9(3)4-7(8)5-10/h7,10H,4-6H2,1-3H3. The van der Waals surface area contributed by atoms with Crippen LogP contribution in [0.1, 0.15) is 13.8 Å². The minimum atomic E-state index is 0.309. The van der Waals surface area contributed by atoms with E-state index >= 15 is 0 Å². The highest BCUT2D eigenvalue weighted by atomic mass is 16.3. The molecule has 1 N–H and O–H groups in total. The van der Waals surface area contributed by atoms with E-state index in [4.69, 9.17) is 5.11 Å². The van der Waals surface area contributed by atoms with Crippen LogP contribution in [0.3, 0.4) is 0 Å². The Morgan fingerprint density at radius 1 is 1.60 bits per heavy atom. The van der Waals surface area contributed by atoms with Gasteiger partial charge in [-0.3, -0.25) is 0 Å². The largest absolute Gasteiger partial charge is 0.396 e. The van der Waals surface area contributed by atoms with Crippen LogP contribution in [-0.4, -0.2) is 36.8 Å². The number of likely N-dealkylation sites (tertiary alicyclic amines) is 1. The van der Waals surface area contributed by atoms with Crippen molar-refractivity contribution in [2.75, 3.05) is 26.7 Å². The first-order valence-electron chi connectivity index (χ1n) is 3.85. The molecular weight excluding hydrogens is 126 g/mol. The van der Waals surface area contributed by atoms with E-state index < -0.39 is 0 Å². The van der Waals surface area contributed by atoms with Gasteiger partial charge in [-0.05, 0) is 12.5 Å². The summed E-state index contributed by atoms with van der Waals surface area (Å²) in [6.07, 6.45) is 0. The molecule has 1 saturated heterocycles. The van der Waals surface area contributed by atoms with Gasteiger partial charge in [0.15, 0.2) is 0 Å². The molecule has 1 atom stereocenters. The summed E-state index contributed by atoms with van der Waals surface area (Å²) in [5.74, 6) is 0.470. The molecule has 1 aliphatic heterocycles. The Labute approximate surface area is 62.8 Å². The molecule has 0 aromatic rings. The molecule has 1 rings (SSSR count). The van der Waals surface area contributed by atoms with Crippen molar-refractivity contribution in [3.8, 4) is 0 Å². The van der Waals surface area contributed by atoms with Gasteiger partial charge in [0.1, 0.15) is 0 Å². The third-order valence-corrected chi connectivity index (χ3v) is 2.54. The van der Waals surface area contributed by atoms with Crippen molar-refractivity contribution in [1.29, 1.82) is 0 Å². The van der Waals surface area contributed by atoms with Gasteiger partial charge in [-0.25, -0.2) is 0 Å². The minimum absolute atomic E-state index is 0.309. The molecule has 0 radical (unpaired) electrons. The van der Waals surface area contributed by atoms with Crippen LogP contribution in [0.4, 0.5) is 0 Å². The van der Waals surface area contributed by atoms with Crippen LogP contribution in [-0.2, 0) is 0 Å². The van der Waals surface area contributed by atoms with Crippen molar-refractivity contribution in [3.05, 3.63) is 0 Å². The second kappa shape index (κ2) is 2.51. The van der Waals surface area contributed by atoms with Crippen LogP contribution in [0.15, 0.2) is 0 Å². The lowest BCUT2D eigenvalue weighted by Crippen LogP contribution is -2.24. The summed E-state index contributed by atoms with van der Waals surface area (Å²) in [4.78, 5) is 2.28. The quantitative estimate of drug-likeness (QED) is 0.580. The molecule has 2 heteroatoms. The lowest BCUT2D eigenvalue weighted by Gasteiger charge is -2.23. The van der Waals surface area contributed by atoms with Crippen molar-refractivity contribution in [2.45, 2.75) is 13.8 Å².